The quantitative estimate of drug-likeness (QED) is 0.479. The predicted molar refractivity (Wildman–Crippen MR) is 43.4 cm³/mol. The van der Waals surface area contributed by atoms with Gasteiger partial charge in [0.15, 0.2) is 0 Å². The summed E-state index contributed by atoms with van der Waals surface area (Å²) in [7, 11) is 0. The summed E-state index contributed by atoms with van der Waals surface area (Å²) in [5.74, 6) is 1.77. The van der Waals surface area contributed by atoms with Crippen LogP contribution in [0.5, 0.6) is 0 Å². The molecule has 3 aliphatic rings. The Balaban J connectivity index is 2.30. The molecule has 3 aliphatic carbocycles. The zero-order valence-electron chi connectivity index (χ0n) is 6.85. The Morgan fingerprint density at radius 2 is 2.30 bits per heavy atom. The highest BCUT2D eigenvalue weighted by atomic mass is 14.5. The Kier molecular flexibility index (Phi) is 1.07. The third-order valence-electron chi connectivity index (χ3n) is 3.58. The maximum atomic E-state index is 4.07. The molecule has 0 aromatic rings. The van der Waals surface area contributed by atoms with Gasteiger partial charge in [0.2, 0.25) is 0 Å². The van der Waals surface area contributed by atoms with Crippen LogP contribution in [0.1, 0.15) is 26.7 Å². The van der Waals surface area contributed by atoms with E-state index in [0.29, 0.717) is 5.41 Å². The first-order valence-electron chi connectivity index (χ1n) is 4.14. The van der Waals surface area contributed by atoms with E-state index in [-0.39, 0.29) is 0 Å². The van der Waals surface area contributed by atoms with E-state index in [0.717, 1.165) is 11.8 Å². The SMILES string of the molecule is [CH2]C1=CCC2CC1C2(C)C. The molecule has 0 aromatic carbocycles. The van der Waals surface area contributed by atoms with Crippen molar-refractivity contribution in [3.8, 4) is 0 Å². The van der Waals surface area contributed by atoms with Crippen LogP contribution in [0.25, 0.3) is 0 Å². The minimum atomic E-state index is 0.575. The Morgan fingerprint density at radius 1 is 1.60 bits per heavy atom. The van der Waals surface area contributed by atoms with E-state index in [9.17, 15) is 0 Å². The molecule has 1 fully saturated rings. The van der Waals surface area contributed by atoms with Gasteiger partial charge in [-0.3, -0.25) is 0 Å². The molecule has 0 spiro atoms. The largest absolute Gasteiger partial charge is 0.0847 e. The zero-order chi connectivity index (χ0) is 7.35. The van der Waals surface area contributed by atoms with Gasteiger partial charge in [0, 0.05) is 0 Å². The van der Waals surface area contributed by atoms with E-state index in [1.54, 1.807) is 0 Å². The molecule has 55 valence electrons. The van der Waals surface area contributed by atoms with Gasteiger partial charge in [-0.2, -0.15) is 0 Å². The minimum Gasteiger partial charge on any atom is -0.0847 e. The fourth-order valence-corrected chi connectivity index (χ4v) is 2.48. The van der Waals surface area contributed by atoms with Crippen molar-refractivity contribution in [2.75, 3.05) is 0 Å². The molecule has 2 atom stereocenters. The highest BCUT2D eigenvalue weighted by Crippen LogP contribution is 2.58. The van der Waals surface area contributed by atoms with Gasteiger partial charge in [-0.05, 0) is 37.0 Å². The monoisotopic (exact) mass is 135 g/mol. The van der Waals surface area contributed by atoms with Crippen LogP contribution in [0.4, 0.5) is 0 Å². The van der Waals surface area contributed by atoms with E-state index in [1.807, 2.05) is 0 Å². The van der Waals surface area contributed by atoms with Gasteiger partial charge in [0.25, 0.3) is 0 Å². The summed E-state index contributed by atoms with van der Waals surface area (Å²) in [6.45, 7) is 8.83. The average Bonchev–Trinajstić information content (AvgIpc) is 1.87. The lowest BCUT2D eigenvalue weighted by Gasteiger charge is -2.56. The molecule has 1 saturated carbocycles. The molecule has 2 bridgehead atoms. The normalized spacial score (nSPS) is 42.1. The van der Waals surface area contributed by atoms with E-state index < -0.39 is 0 Å². The molecule has 0 nitrogen and oxygen atoms in total. The zero-order valence-corrected chi connectivity index (χ0v) is 6.85. The second-order valence-electron chi connectivity index (χ2n) is 4.32. The molecule has 0 heteroatoms. The van der Waals surface area contributed by atoms with Crippen LogP contribution >= 0.6 is 0 Å². The fraction of sp³-hybridized carbons (Fsp3) is 0.700. The van der Waals surface area contributed by atoms with E-state index in [4.69, 9.17) is 0 Å². The van der Waals surface area contributed by atoms with E-state index >= 15 is 0 Å². The van der Waals surface area contributed by atoms with Crippen LogP contribution in [0, 0.1) is 24.2 Å². The van der Waals surface area contributed by atoms with Gasteiger partial charge >= 0.3 is 0 Å². The summed E-state index contributed by atoms with van der Waals surface area (Å²) in [4.78, 5) is 0. The maximum Gasteiger partial charge on any atom is -0.0146 e. The fourth-order valence-electron chi connectivity index (χ4n) is 2.48. The highest BCUT2D eigenvalue weighted by Gasteiger charge is 2.49. The van der Waals surface area contributed by atoms with Gasteiger partial charge in [0.1, 0.15) is 0 Å². The second-order valence-corrected chi connectivity index (χ2v) is 4.32. The van der Waals surface area contributed by atoms with Crippen LogP contribution < -0.4 is 0 Å². The van der Waals surface area contributed by atoms with Crippen LogP contribution in [0.2, 0.25) is 0 Å². The van der Waals surface area contributed by atoms with Gasteiger partial charge < -0.3 is 0 Å². The van der Waals surface area contributed by atoms with Crippen LogP contribution in [0.3, 0.4) is 0 Å². The van der Waals surface area contributed by atoms with Gasteiger partial charge in [-0.25, -0.2) is 0 Å². The molecule has 0 saturated heterocycles. The number of fused-ring (bicyclic) bond motifs is 1. The third kappa shape index (κ3) is 0.574. The molecule has 0 amide bonds. The summed E-state index contributed by atoms with van der Waals surface area (Å²) < 4.78 is 0. The van der Waals surface area contributed by atoms with Crippen molar-refractivity contribution in [1.29, 1.82) is 0 Å². The number of hydrogen-bond acceptors (Lipinski definition) is 0. The van der Waals surface area contributed by atoms with E-state index in [1.165, 1.54) is 18.4 Å². The average molecular weight is 135 g/mol. The maximum absolute atomic E-state index is 4.07. The number of rotatable bonds is 0. The molecule has 0 heterocycles. The van der Waals surface area contributed by atoms with Crippen molar-refractivity contribution in [3.63, 3.8) is 0 Å². The molecular formula is C10H15. The lowest BCUT2D eigenvalue weighted by molar-refractivity contribution is -0.00353. The first kappa shape index (κ1) is 6.45. The van der Waals surface area contributed by atoms with Gasteiger partial charge in [-0.1, -0.05) is 25.5 Å². The van der Waals surface area contributed by atoms with Crippen LogP contribution in [0.15, 0.2) is 11.6 Å². The Labute approximate surface area is 63.3 Å². The molecule has 1 radical (unpaired) electrons. The van der Waals surface area contributed by atoms with Crippen molar-refractivity contribution < 1.29 is 0 Å². The molecule has 3 rings (SSSR count). The molecule has 0 aliphatic heterocycles. The third-order valence-corrected chi connectivity index (χ3v) is 3.58. The smallest absolute Gasteiger partial charge is 0.0146 e. The summed E-state index contributed by atoms with van der Waals surface area (Å²) in [6, 6.07) is 0. The second kappa shape index (κ2) is 1.66. The topological polar surface area (TPSA) is 0 Å². The van der Waals surface area contributed by atoms with Gasteiger partial charge in [-0.15, -0.1) is 0 Å². The summed E-state index contributed by atoms with van der Waals surface area (Å²) in [5, 5.41) is 0. The summed E-state index contributed by atoms with van der Waals surface area (Å²) >= 11 is 0. The predicted octanol–water partition coefficient (Wildman–Crippen LogP) is 2.81. The van der Waals surface area contributed by atoms with E-state index in [2.05, 4.69) is 26.8 Å². The number of hydrogen-bond donors (Lipinski definition) is 0. The van der Waals surface area contributed by atoms with Crippen LogP contribution in [-0.2, 0) is 0 Å². The van der Waals surface area contributed by atoms with Crippen molar-refractivity contribution in [1.82, 2.24) is 0 Å². The molecule has 0 aromatic heterocycles. The summed E-state index contributed by atoms with van der Waals surface area (Å²) in [6.07, 6.45) is 5.01. The Hall–Kier alpha value is -0.260. The summed E-state index contributed by atoms with van der Waals surface area (Å²) in [5.41, 5.74) is 1.97. The first-order chi connectivity index (χ1) is 4.62. The van der Waals surface area contributed by atoms with Gasteiger partial charge in [0.05, 0.1) is 0 Å². The lowest BCUT2D eigenvalue weighted by atomic mass is 9.49. The molecular weight excluding hydrogens is 120 g/mol. The molecule has 10 heavy (non-hydrogen) atoms. The molecule has 2 unspecified atom stereocenters. The molecule has 0 N–H and O–H groups in total. The van der Waals surface area contributed by atoms with Crippen molar-refractivity contribution in [2.45, 2.75) is 26.7 Å². The highest BCUT2D eigenvalue weighted by molar-refractivity contribution is 5.24. The Morgan fingerprint density at radius 3 is 2.60 bits per heavy atom. The minimum absolute atomic E-state index is 0.575. The van der Waals surface area contributed by atoms with Crippen LogP contribution in [-0.4, -0.2) is 0 Å². The van der Waals surface area contributed by atoms with Crippen molar-refractivity contribution in [3.05, 3.63) is 18.6 Å². The van der Waals surface area contributed by atoms with Crippen molar-refractivity contribution in [2.24, 2.45) is 17.3 Å². The lowest BCUT2D eigenvalue weighted by Crippen LogP contribution is -2.47. The first-order valence-corrected chi connectivity index (χ1v) is 4.14. The van der Waals surface area contributed by atoms with Crippen molar-refractivity contribution >= 4 is 0 Å². The number of allylic oxidation sites excluding steroid dienone is 2. The standard InChI is InChI=1S/C10H15/c1-7-4-5-8-6-9(7)10(8,2)3/h4,8-9H,1,5-6H2,2-3H3. The Bertz CT molecular complexity index is 186.